The van der Waals surface area contributed by atoms with E-state index < -0.39 is 24.6 Å². The van der Waals surface area contributed by atoms with Gasteiger partial charge in [0.2, 0.25) is 0 Å². The van der Waals surface area contributed by atoms with Crippen LogP contribution in [-0.2, 0) is 28.6 Å². The molecule has 0 radical (unpaired) electrons. The number of hydrogen-bond donors (Lipinski definition) is 2. The molecule has 40 heavy (non-hydrogen) atoms. The predicted octanol–water partition coefficient (Wildman–Crippen LogP) is 3.46. The summed E-state index contributed by atoms with van der Waals surface area (Å²) in [4.78, 5) is 39.7. The number of ether oxygens (including phenoxy) is 3. The van der Waals surface area contributed by atoms with Crippen LogP contribution in [0.3, 0.4) is 0 Å². The van der Waals surface area contributed by atoms with E-state index >= 15 is 0 Å². The molecule has 0 spiro atoms. The Morgan fingerprint density at radius 1 is 1.15 bits per heavy atom. The molecule has 2 aliphatic heterocycles. The quantitative estimate of drug-likeness (QED) is 0.353. The van der Waals surface area contributed by atoms with Crippen LogP contribution in [0.25, 0.3) is 0 Å². The fourth-order valence-corrected chi connectivity index (χ4v) is 5.84. The number of allylic oxidation sites excluding steroid dienone is 3. The van der Waals surface area contributed by atoms with Gasteiger partial charge < -0.3 is 34.1 Å². The summed E-state index contributed by atoms with van der Waals surface area (Å²) < 4.78 is 18.3. The summed E-state index contributed by atoms with van der Waals surface area (Å²) in [6.45, 7) is 9.29. The van der Waals surface area contributed by atoms with Crippen LogP contribution < -0.4 is 0 Å². The number of esters is 1. The number of ketones is 1. The Bertz CT molecular complexity index is 887. The van der Waals surface area contributed by atoms with E-state index in [1.54, 1.807) is 6.08 Å². The molecule has 1 saturated heterocycles. The van der Waals surface area contributed by atoms with Crippen molar-refractivity contribution in [2.75, 3.05) is 20.7 Å². The summed E-state index contributed by atoms with van der Waals surface area (Å²) in [6.07, 6.45) is 5.21. The molecule has 228 valence electrons. The topological polar surface area (TPSA) is 123 Å². The molecule has 0 aromatic rings. The maximum atomic E-state index is 13.1. The highest BCUT2D eigenvalue weighted by molar-refractivity contribution is 5.91. The number of aliphatic hydroxyl groups excluding tert-OH is 2. The van der Waals surface area contributed by atoms with E-state index in [9.17, 15) is 24.6 Å². The molecule has 0 aliphatic carbocycles. The van der Waals surface area contributed by atoms with Gasteiger partial charge in [0.15, 0.2) is 12.1 Å². The summed E-state index contributed by atoms with van der Waals surface area (Å²) in [6, 6.07) is -0.165. The first-order valence-corrected chi connectivity index (χ1v) is 14.7. The molecule has 2 aliphatic rings. The van der Waals surface area contributed by atoms with Gasteiger partial charge in [0.1, 0.15) is 18.5 Å². The van der Waals surface area contributed by atoms with E-state index in [1.807, 2.05) is 59.7 Å². The molecule has 2 heterocycles. The second kappa shape index (κ2) is 16.5. The third-order valence-corrected chi connectivity index (χ3v) is 8.30. The van der Waals surface area contributed by atoms with Crippen LogP contribution in [0.1, 0.15) is 73.1 Å². The first kappa shape index (κ1) is 34.3. The minimum atomic E-state index is -0.913. The smallest absolute Gasteiger partial charge is 0.306 e. The molecule has 9 heteroatoms. The van der Waals surface area contributed by atoms with Crippen molar-refractivity contribution < 1.29 is 38.8 Å². The van der Waals surface area contributed by atoms with E-state index in [-0.39, 0.29) is 67.0 Å². The fraction of sp³-hybridized carbons (Fsp3) is 0.774. The van der Waals surface area contributed by atoms with E-state index in [2.05, 4.69) is 0 Å². The molecule has 0 unspecified atom stereocenters. The Morgan fingerprint density at radius 2 is 1.85 bits per heavy atom. The number of likely N-dealkylation sites (N-methyl/N-ethyl adjacent to an activating group) is 1. The number of nitrogens with zero attached hydrogens (tertiary/aromatic N) is 1. The molecule has 1 fully saturated rings. The van der Waals surface area contributed by atoms with Crippen molar-refractivity contribution in [3.63, 3.8) is 0 Å². The number of hydrogen-bond acceptors (Lipinski definition) is 9. The lowest BCUT2D eigenvalue weighted by molar-refractivity contribution is -0.280. The Balaban J connectivity index is 2.43. The van der Waals surface area contributed by atoms with Crippen LogP contribution in [0.15, 0.2) is 23.8 Å². The fourth-order valence-electron chi connectivity index (χ4n) is 5.84. The summed E-state index contributed by atoms with van der Waals surface area (Å²) in [5.41, 5.74) is 0.786. The molecule has 0 amide bonds. The van der Waals surface area contributed by atoms with Crippen molar-refractivity contribution in [3.8, 4) is 0 Å². The highest BCUT2D eigenvalue weighted by Crippen LogP contribution is 2.34. The third-order valence-electron chi connectivity index (χ3n) is 8.30. The van der Waals surface area contributed by atoms with Crippen molar-refractivity contribution in [2.24, 2.45) is 23.7 Å². The second-order valence-corrected chi connectivity index (χ2v) is 11.9. The lowest BCUT2D eigenvalue weighted by atomic mass is 9.80. The first-order chi connectivity index (χ1) is 18.9. The van der Waals surface area contributed by atoms with Crippen LogP contribution in [0.2, 0.25) is 0 Å². The molecule has 9 nitrogen and oxygen atoms in total. The number of aliphatic hydroxyl groups is 2. The van der Waals surface area contributed by atoms with Gasteiger partial charge in [-0.15, -0.1) is 0 Å². The molecular formula is C31H51NO8. The van der Waals surface area contributed by atoms with Crippen LogP contribution in [0.5, 0.6) is 0 Å². The zero-order valence-electron chi connectivity index (χ0n) is 25.3. The van der Waals surface area contributed by atoms with Crippen molar-refractivity contribution in [3.05, 3.63) is 23.8 Å². The van der Waals surface area contributed by atoms with Crippen molar-refractivity contribution >= 4 is 18.0 Å². The van der Waals surface area contributed by atoms with Crippen LogP contribution in [0.4, 0.5) is 0 Å². The number of cyclic esters (lactones) is 1. The highest BCUT2D eigenvalue weighted by Gasteiger charge is 2.41. The molecule has 0 aromatic carbocycles. The number of aldehydes is 1. The maximum Gasteiger partial charge on any atom is 0.306 e. The molecule has 0 aromatic heterocycles. The van der Waals surface area contributed by atoms with E-state index in [1.165, 1.54) is 6.08 Å². The van der Waals surface area contributed by atoms with E-state index in [4.69, 9.17) is 14.2 Å². The number of carbonyl (C=O) groups is 3. The van der Waals surface area contributed by atoms with Gasteiger partial charge in [-0.3, -0.25) is 9.59 Å². The Morgan fingerprint density at radius 3 is 2.45 bits per heavy atom. The SMILES string of the molecule is CC[C@@H]1OC(=O)CC[C@@H](C)[C@@H](O[C@@H]2O[C@@H](C)C[C@H](N(C)C)[C@H]2O)[C@@H](CC=O)C[C@@H](C)C(=O)/C=C/C(C)=C/[C@@H]1CO. The lowest BCUT2D eigenvalue weighted by Gasteiger charge is -2.44. The van der Waals surface area contributed by atoms with E-state index in [0.29, 0.717) is 25.7 Å². The van der Waals surface area contributed by atoms with Crippen LogP contribution in [-0.4, -0.2) is 90.6 Å². The van der Waals surface area contributed by atoms with Crippen LogP contribution >= 0.6 is 0 Å². The summed E-state index contributed by atoms with van der Waals surface area (Å²) in [7, 11) is 3.81. The zero-order valence-corrected chi connectivity index (χ0v) is 25.3. The summed E-state index contributed by atoms with van der Waals surface area (Å²) in [5, 5.41) is 21.1. The van der Waals surface area contributed by atoms with Gasteiger partial charge in [0.05, 0.1) is 18.8 Å². The Kier molecular flexibility index (Phi) is 14.2. The largest absolute Gasteiger partial charge is 0.462 e. The Hall–Kier alpha value is -1.91. The standard InChI is InChI=1S/C31H51NO8/c1-8-27-24(18-34)15-19(2)9-11-26(35)21(4)16-23(13-14-33)30(20(3)10-12-28(36)39-27)40-31-29(37)25(32(6)7)17-22(5)38-31/h9,11,14-15,20-25,27,29-31,34,37H,8,10,12-13,16-18H2,1-7H3/b11-9+,19-15+/t20-,21-,22+,23+,24-,25+,27+,29-,30-,31+/m1/s1. The van der Waals surface area contributed by atoms with Gasteiger partial charge in [-0.05, 0) is 71.5 Å². The van der Waals surface area contributed by atoms with Crippen LogP contribution in [0, 0.1) is 23.7 Å². The molecule has 10 atom stereocenters. The van der Waals surface area contributed by atoms with Gasteiger partial charge >= 0.3 is 5.97 Å². The van der Waals surface area contributed by atoms with Crippen molar-refractivity contribution in [1.82, 2.24) is 4.90 Å². The van der Waals surface area contributed by atoms with Crippen molar-refractivity contribution in [2.45, 2.75) is 110 Å². The monoisotopic (exact) mass is 565 g/mol. The summed E-state index contributed by atoms with van der Waals surface area (Å²) in [5.74, 6) is -1.74. The van der Waals surface area contributed by atoms with Gasteiger partial charge in [-0.2, -0.15) is 0 Å². The summed E-state index contributed by atoms with van der Waals surface area (Å²) >= 11 is 0. The minimum absolute atomic E-state index is 0.0728. The normalized spacial score (nSPS) is 39.3. The Labute approximate surface area is 239 Å². The zero-order chi connectivity index (χ0) is 30.0. The molecule has 0 saturated carbocycles. The molecule has 0 bridgehead atoms. The number of rotatable bonds is 7. The average Bonchev–Trinajstić information content (AvgIpc) is 2.91. The van der Waals surface area contributed by atoms with Crippen molar-refractivity contribution in [1.29, 1.82) is 0 Å². The van der Waals surface area contributed by atoms with Gasteiger partial charge in [0.25, 0.3) is 0 Å². The van der Waals surface area contributed by atoms with Gasteiger partial charge in [-0.25, -0.2) is 0 Å². The highest BCUT2D eigenvalue weighted by atomic mass is 16.7. The molecule has 2 N–H and O–H groups in total. The van der Waals surface area contributed by atoms with Gasteiger partial charge in [0, 0.05) is 30.7 Å². The minimum Gasteiger partial charge on any atom is -0.462 e. The molecule has 2 rings (SSSR count). The second-order valence-electron chi connectivity index (χ2n) is 11.9. The van der Waals surface area contributed by atoms with E-state index in [0.717, 1.165) is 11.9 Å². The lowest BCUT2D eigenvalue weighted by Crippen LogP contribution is -2.55. The average molecular weight is 566 g/mol. The third kappa shape index (κ3) is 9.87. The maximum absolute atomic E-state index is 13.1. The van der Waals surface area contributed by atoms with Gasteiger partial charge in [-0.1, -0.05) is 38.5 Å². The predicted molar refractivity (Wildman–Crippen MR) is 152 cm³/mol. The number of carbonyl (C=O) groups excluding carboxylic acids is 3. The first-order valence-electron chi connectivity index (χ1n) is 14.7. The molecular weight excluding hydrogens is 514 g/mol.